The van der Waals surface area contributed by atoms with E-state index in [0.29, 0.717) is 5.75 Å². The number of ether oxygens (including phenoxy) is 1. The van der Waals surface area contributed by atoms with Gasteiger partial charge in [-0.25, -0.2) is 0 Å². The van der Waals surface area contributed by atoms with E-state index in [9.17, 15) is 4.79 Å². The van der Waals surface area contributed by atoms with Crippen LogP contribution in [0.25, 0.3) is 0 Å². The highest BCUT2D eigenvalue weighted by atomic mass is 16.5. The van der Waals surface area contributed by atoms with Crippen LogP contribution in [-0.2, 0) is 11.2 Å². The van der Waals surface area contributed by atoms with E-state index < -0.39 is 0 Å². The predicted molar refractivity (Wildman–Crippen MR) is 86.5 cm³/mol. The average molecular weight is 288 g/mol. The zero-order chi connectivity index (χ0) is 14.9. The van der Waals surface area contributed by atoms with Crippen LogP contribution in [0.15, 0.2) is 24.3 Å². The minimum atomic E-state index is -0.0367. The smallest absolute Gasteiger partial charge is 0.314 e. The zero-order valence-electron chi connectivity index (χ0n) is 13.3. The fraction of sp³-hybridized carbons (Fsp3) is 0.632. The maximum atomic E-state index is 12.1. The van der Waals surface area contributed by atoms with Crippen LogP contribution < -0.4 is 4.74 Å². The van der Waals surface area contributed by atoms with Crippen molar-refractivity contribution in [2.24, 2.45) is 5.92 Å². The number of rotatable bonds is 7. The molecule has 0 saturated heterocycles. The Morgan fingerprint density at radius 3 is 2.43 bits per heavy atom. The molecule has 2 rings (SSSR count). The van der Waals surface area contributed by atoms with Crippen molar-refractivity contribution in [1.82, 2.24) is 0 Å². The van der Waals surface area contributed by atoms with Crippen LogP contribution in [0.3, 0.4) is 0 Å². The molecular weight excluding hydrogens is 260 g/mol. The standard InChI is InChI=1S/C19H28O2/c1-2-3-4-6-9-16-12-14-18(15-13-16)21-19(20)17-10-7-5-8-11-17/h12-15,17H,2-11H2,1H3. The molecule has 0 amide bonds. The number of hydrogen-bond donors (Lipinski definition) is 0. The summed E-state index contributed by atoms with van der Waals surface area (Å²) in [7, 11) is 0. The lowest BCUT2D eigenvalue weighted by atomic mass is 9.89. The number of esters is 1. The maximum absolute atomic E-state index is 12.1. The third-order valence-electron chi connectivity index (χ3n) is 4.40. The van der Waals surface area contributed by atoms with E-state index in [4.69, 9.17) is 4.74 Å². The lowest BCUT2D eigenvalue weighted by Crippen LogP contribution is -2.22. The average Bonchev–Trinajstić information content (AvgIpc) is 2.54. The maximum Gasteiger partial charge on any atom is 0.314 e. The molecule has 0 aromatic heterocycles. The van der Waals surface area contributed by atoms with E-state index in [1.807, 2.05) is 12.1 Å². The second kappa shape index (κ2) is 8.86. The molecule has 0 radical (unpaired) electrons. The van der Waals surface area contributed by atoms with Gasteiger partial charge >= 0.3 is 5.97 Å². The predicted octanol–water partition coefficient (Wildman–Crippen LogP) is 5.30. The fourth-order valence-electron chi connectivity index (χ4n) is 3.02. The van der Waals surface area contributed by atoms with Gasteiger partial charge in [-0.05, 0) is 43.4 Å². The van der Waals surface area contributed by atoms with Gasteiger partial charge in [0.1, 0.15) is 5.75 Å². The number of hydrogen-bond acceptors (Lipinski definition) is 2. The van der Waals surface area contributed by atoms with Crippen LogP contribution in [0.2, 0.25) is 0 Å². The molecule has 1 aromatic carbocycles. The number of unbranched alkanes of at least 4 members (excludes halogenated alkanes) is 3. The van der Waals surface area contributed by atoms with Gasteiger partial charge in [0.2, 0.25) is 0 Å². The highest BCUT2D eigenvalue weighted by molar-refractivity contribution is 5.75. The highest BCUT2D eigenvalue weighted by Gasteiger charge is 2.22. The molecule has 116 valence electrons. The molecule has 1 aliphatic rings. The van der Waals surface area contributed by atoms with Crippen LogP contribution in [0.5, 0.6) is 5.75 Å². The van der Waals surface area contributed by atoms with Crippen molar-refractivity contribution in [3.63, 3.8) is 0 Å². The summed E-state index contributed by atoms with van der Waals surface area (Å²) < 4.78 is 5.51. The van der Waals surface area contributed by atoms with Gasteiger partial charge in [0, 0.05) is 0 Å². The summed E-state index contributed by atoms with van der Waals surface area (Å²) in [5, 5.41) is 0. The van der Waals surface area contributed by atoms with Gasteiger partial charge in [-0.15, -0.1) is 0 Å². The third kappa shape index (κ3) is 5.53. The van der Waals surface area contributed by atoms with Crippen LogP contribution in [0.1, 0.15) is 70.3 Å². The van der Waals surface area contributed by atoms with E-state index >= 15 is 0 Å². The Hall–Kier alpha value is -1.31. The van der Waals surface area contributed by atoms with Crippen molar-refractivity contribution in [3.8, 4) is 5.75 Å². The van der Waals surface area contributed by atoms with Crippen molar-refractivity contribution >= 4 is 5.97 Å². The summed E-state index contributed by atoms with van der Waals surface area (Å²) in [6.45, 7) is 2.23. The first-order valence-corrected chi connectivity index (χ1v) is 8.60. The topological polar surface area (TPSA) is 26.3 Å². The van der Waals surface area contributed by atoms with Crippen LogP contribution in [-0.4, -0.2) is 5.97 Å². The molecule has 2 heteroatoms. The van der Waals surface area contributed by atoms with E-state index in [0.717, 1.165) is 32.1 Å². The van der Waals surface area contributed by atoms with E-state index in [1.54, 1.807) is 0 Å². The Balaban J connectivity index is 1.77. The minimum Gasteiger partial charge on any atom is -0.426 e. The molecule has 0 aliphatic heterocycles. The van der Waals surface area contributed by atoms with Gasteiger partial charge in [0.25, 0.3) is 0 Å². The van der Waals surface area contributed by atoms with Crippen molar-refractivity contribution < 1.29 is 9.53 Å². The molecule has 0 N–H and O–H groups in total. The van der Waals surface area contributed by atoms with Crippen LogP contribution in [0, 0.1) is 5.92 Å². The Kier molecular flexibility index (Phi) is 6.78. The Labute approximate surface area is 128 Å². The highest BCUT2D eigenvalue weighted by Crippen LogP contribution is 2.25. The summed E-state index contributed by atoms with van der Waals surface area (Å²) in [5.74, 6) is 0.778. The van der Waals surface area contributed by atoms with Crippen molar-refractivity contribution in [1.29, 1.82) is 0 Å². The van der Waals surface area contributed by atoms with Gasteiger partial charge in [0.05, 0.1) is 5.92 Å². The summed E-state index contributed by atoms with van der Waals surface area (Å²) in [4.78, 5) is 12.1. The number of benzene rings is 1. The molecule has 1 aliphatic carbocycles. The fourth-order valence-corrected chi connectivity index (χ4v) is 3.02. The van der Waals surface area contributed by atoms with E-state index in [-0.39, 0.29) is 11.9 Å². The summed E-state index contributed by atoms with van der Waals surface area (Å²) >= 11 is 0. The summed E-state index contributed by atoms with van der Waals surface area (Å²) in [5.41, 5.74) is 1.34. The second-order valence-corrected chi connectivity index (χ2v) is 6.21. The zero-order valence-corrected chi connectivity index (χ0v) is 13.3. The molecule has 0 bridgehead atoms. The van der Waals surface area contributed by atoms with E-state index in [2.05, 4.69) is 19.1 Å². The van der Waals surface area contributed by atoms with Gasteiger partial charge in [0.15, 0.2) is 0 Å². The van der Waals surface area contributed by atoms with Crippen LogP contribution >= 0.6 is 0 Å². The normalized spacial score (nSPS) is 15.9. The molecule has 0 heterocycles. The molecule has 1 aromatic rings. The minimum absolute atomic E-state index is 0.0367. The first-order valence-electron chi connectivity index (χ1n) is 8.60. The van der Waals surface area contributed by atoms with Crippen molar-refractivity contribution in [2.45, 2.75) is 71.1 Å². The van der Waals surface area contributed by atoms with Crippen LogP contribution in [0.4, 0.5) is 0 Å². The molecule has 0 atom stereocenters. The van der Waals surface area contributed by atoms with Gasteiger partial charge < -0.3 is 4.74 Å². The lowest BCUT2D eigenvalue weighted by Gasteiger charge is -2.19. The summed E-state index contributed by atoms with van der Waals surface area (Å²) in [6.07, 6.45) is 11.8. The Morgan fingerprint density at radius 2 is 1.76 bits per heavy atom. The molecule has 2 nitrogen and oxygen atoms in total. The van der Waals surface area contributed by atoms with E-state index in [1.165, 1.54) is 37.7 Å². The molecule has 0 spiro atoms. The van der Waals surface area contributed by atoms with Gasteiger partial charge in [-0.3, -0.25) is 4.79 Å². The molecular formula is C19H28O2. The molecule has 1 saturated carbocycles. The van der Waals surface area contributed by atoms with Crippen molar-refractivity contribution in [2.75, 3.05) is 0 Å². The molecule has 0 unspecified atom stereocenters. The first kappa shape index (κ1) is 16.1. The van der Waals surface area contributed by atoms with Gasteiger partial charge in [-0.2, -0.15) is 0 Å². The SMILES string of the molecule is CCCCCCc1ccc(OC(=O)C2CCCCC2)cc1. The molecule has 1 fully saturated rings. The van der Waals surface area contributed by atoms with Crippen molar-refractivity contribution in [3.05, 3.63) is 29.8 Å². The van der Waals surface area contributed by atoms with Gasteiger partial charge in [-0.1, -0.05) is 57.6 Å². The number of carbonyl (C=O) groups excluding carboxylic acids is 1. The second-order valence-electron chi connectivity index (χ2n) is 6.21. The lowest BCUT2D eigenvalue weighted by molar-refractivity contribution is -0.139. The first-order chi connectivity index (χ1) is 10.3. The number of aryl methyl sites for hydroxylation is 1. The quantitative estimate of drug-likeness (QED) is 0.387. The summed E-state index contributed by atoms with van der Waals surface area (Å²) in [6, 6.07) is 8.07. The Bertz CT molecular complexity index is 416. The largest absolute Gasteiger partial charge is 0.426 e. The number of carbonyl (C=O) groups is 1. The third-order valence-corrected chi connectivity index (χ3v) is 4.40. The monoisotopic (exact) mass is 288 g/mol. The Morgan fingerprint density at radius 1 is 1.05 bits per heavy atom. The molecule has 21 heavy (non-hydrogen) atoms.